The van der Waals surface area contributed by atoms with E-state index in [2.05, 4.69) is 159 Å². The van der Waals surface area contributed by atoms with Crippen LogP contribution < -0.4 is 24.8 Å². The van der Waals surface area contributed by atoms with Gasteiger partial charge < -0.3 is 24.8 Å². The van der Waals surface area contributed by atoms with Crippen molar-refractivity contribution in [3.8, 4) is 5.75 Å². The molecule has 0 aliphatic carbocycles. The van der Waals surface area contributed by atoms with E-state index in [1.54, 1.807) is 0 Å². The number of rotatable bonds is 22. The summed E-state index contributed by atoms with van der Waals surface area (Å²) >= 11 is 0. The fourth-order valence-electron chi connectivity index (χ4n) is 6.90. The van der Waals surface area contributed by atoms with E-state index in [-0.39, 0.29) is 5.92 Å². The predicted molar refractivity (Wildman–Crippen MR) is 219 cm³/mol. The Kier molecular flexibility index (Phi) is 15.9. The van der Waals surface area contributed by atoms with Crippen LogP contribution >= 0.6 is 0 Å². The van der Waals surface area contributed by atoms with Crippen LogP contribution in [0.25, 0.3) is 0 Å². The number of benzene rings is 4. The molecule has 0 aliphatic rings. The van der Waals surface area contributed by atoms with E-state index in [0.29, 0.717) is 13.2 Å². The van der Waals surface area contributed by atoms with Crippen LogP contribution in [0, 0.1) is 0 Å². The fourth-order valence-corrected chi connectivity index (χ4v) is 6.90. The van der Waals surface area contributed by atoms with Crippen LogP contribution in [0.15, 0.2) is 91.0 Å². The Morgan fingerprint density at radius 2 is 1.14 bits per heavy atom. The molecule has 4 aromatic carbocycles. The summed E-state index contributed by atoms with van der Waals surface area (Å²) in [4.78, 5) is 7.33. The zero-order chi connectivity index (χ0) is 35.7. The lowest BCUT2D eigenvalue weighted by Gasteiger charge is -2.26. The normalized spacial score (nSPS) is 11.1. The van der Waals surface area contributed by atoms with Gasteiger partial charge in [0, 0.05) is 80.5 Å². The average Bonchev–Trinajstić information content (AvgIpc) is 3.16. The lowest BCUT2D eigenvalue weighted by atomic mass is 9.83. The van der Waals surface area contributed by atoms with E-state index in [9.17, 15) is 0 Å². The molecular formula is C45H64N4O. The van der Waals surface area contributed by atoms with E-state index < -0.39 is 0 Å². The van der Waals surface area contributed by atoms with Gasteiger partial charge in [-0.2, -0.15) is 0 Å². The molecule has 0 radical (unpaired) electrons. The Bertz CT molecular complexity index is 1460. The zero-order valence-corrected chi connectivity index (χ0v) is 32.2. The van der Waals surface area contributed by atoms with Gasteiger partial charge >= 0.3 is 0 Å². The number of anilines is 4. The second kappa shape index (κ2) is 20.5. The Labute approximate surface area is 304 Å². The Balaban J connectivity index is 1.60. The van der Waals surface area contributed by atoms with Crippen molar-refractivity contribution in [1.82, 2.24) is 0 Å². The number of hydrogen-bond donors (Lipinski definition) is 1. The van der Waals surface area contributed by atoms with Crippen LogP contribution in [-0.4, -0.2) is 52.4 Å². The monoisotopic (exact) mass is 677 g/mol. The third kappa shape index (κ3) is 10.4. The smallest absolute Gasteiger partial charge is 0.121 e. The van der Waals surface area contributed by atoms with E-state index >= 15 is 0 Å². The lowest BCUT2D eigenvalue weighted by Crippen LogP contribution is -2.25. The molecule has 4 aromatic rings. The van der Waals surface area contributed by atoms with Crippen LogP contribution in [0.1, 0.15) is 102 Å². The summed E-state index contributed by atoms with van der Waals surface area (Å²) in [6.07, 6.45) is 5.82. The highest BCUT2D eigenvalue weighted by molar-refractivity contribution is 5.62. The summed E-state index contributed by atoms with van der Waals surface area (Å²) in [6.45, 7) is 23.1. The maximum absolute atomic E-state index is 6.37. The van der Waals surface area contributed by atoms with Gasteiger partial charge in [-0.25, -0.2) is 0 Å². The molecule has 0 heterocycles. The third-order valence-corrected chi connectivity index (χ3v) is 9.98. The summed E-state index contributed by atoms with van der Waals surface area (Å²) in [5, 5.41) is 3.82. The molecule has 0 aliphatic heterocycles. The molecule has 0 spiro atoms. The first-order chi connectivity index (χ1) is 24.5. The standard InChI is InChI=1S/C45H64N4O/c1-8-15-31-49(32-16-9-2)41-18-17-19-42(35-41)50-33-30-46-44-34-36(10-3)20-29-43(44)45(37-21-25-39(26-22-37)47(11-4)12-5)38-23-27-40(28-24-38)48(13-6)14-7/h17-29,34-35,45-46H,8-16,30-33H2,1-7H3. The number of ether oxygens (including phenoxy) is 1. The van der Waals surface area contributed by atoms with Gasteiger partial charge in [0.15, 0.2) is 0 Å². The van der Waals surface area contributed by atoms with Crippen molar-refractivity contribution in [2.75, 3.05) is 72.4 Å². The van der Waals surface area contributed by atoms with Gasteiger partial charge in [-0.05, 0) is 112 Å². The molecule has 1 N–H and O–H groups in total. The predicted octanol–water partition coefficient (Wildman–Crippen LogP) is 11.0. The largest absolute Gasteiger partial charge is 0.492 e. The van der Waals surface area contributed by atoms with Gasteiger partial charge in [-0.3, -0.25) is 0 Å². The maximum Gasteiger partial charge on any atom is 0.121 e. The topological polar surface area (TPSA) is 31.0 Å². The molecule has 5 heteroatoms. The van der Waals surface area contributed by atoms with Crippen molar-refractivity contribution in [1.29, 1.82) is 0 Å². The third-order valence-electron chi connectivity index (χ3n) is 9.98. The second-order valence-corrected chi connectivity index (χ2v) is 13.2. The highest BCUT2D eigenvalue weighted by atomic mass is 16.5. The van der Waals surface area contributed by atoms with Crippen LogP contribution in [0.5, 0.6) is 5.75 Å². The Hall–Kier alpha value is -4.12. The molecule has 270 valence electrons. The Morgan fingerprint density at radius 1 is 0.580 bits per heavy atom. The van der Waals surface area contributed by atoms with Gasteiger partial charge in [-0.15, -0.1) is 0 Å². The quantitative estimate of drug-likeness (QED) is 0.0661. The van der Waals surface area contributed by atoms with Gasteiger partial charge in [-0.1, -0.05) is 76.1 Å². The van der Waals surface area contributed by atoms with Crippen LogP contribution in [-0.2, 0) is 6.42 Å². The highest BCUT2D eigenvalue weighted by Gasteiger charge is 2.21. The van der Waals surface area contributed by atoms with Crippen molar-refractivity contribution in [3.05, 3.63) is 113 Å². The molecule has 0 amide bonds. The molecule has 5 nitrogen and oxygen atoms in total. The minimum Gasteiger partial charge on any atom is -0.492 e. The molecule has 0 saturated carbocycles. The molecule has 4 rings (SSSR count). The maximum atomic E-state index is 6.37. The number of unbranched alkanes of at least 4 members (excludes halogenated alkanes) is 2. The first-order valence-electron chi connectivity index (χ1n) is 19.5. The second-order valence-electron chi connectivity index (χ2n) is 13.2. The van der Waals surface area contributed by atoms with Gasteiger partial charge in [0.1, 0.15) is 12.4 Å². The molecule has 0 aromatic heterocycles. The van der Waals surface area contributed by atoms with E-state index in [1.807, 2.05) is 0 Å². The molecule has 0 atom stereocenters. The number of hydrogen-bond acceptors (Lipinski definition) is 5. The fraction of sp³-hybridized carbons (Fsp3) is 0.467. The first-order valence-corrected chi connectivity index (χ1v) is 19.5. The van der Waals surface area contributed by atoms with Crippen molar-refractivity contribution < 1.29 is 4.74 Å². The number of nitrogens with zero attached hydrogens (tertiary/aromatic N) is 3. The summed E-state index contributed by atoms with van der Waals surface area (Å²) in [6, 6.07) is 34.1. The minimum atomic E-state index is 0.0923. The summed E-state index contributed by atoms with van der Waals surface area (Å²) < 4.78 is 6.37. The highest BCUT2D eigenvalue weighted by Crippen LogP contribution is 2.38. The van der Waals surface area contributed by atoms with Crippen LogP contribution in [0.4, 0.5) is 22.7 Å². The molecular weight excluding hydrogens is 613 g/mol. The summed E-state index contributed by atoms with van der Waals surface area (Å²) in [5.41, 5.74) is 10.2. The Morgan fingerprint density at radius 3 is 1.64 bits per heavy atom. The molecule has 0 saturated heterocycles. The minimum absolute atomic E-state index is 0.0923. The van der Waals surface area contributed by atoms with Crippen LogP contribution in [0.3, 0.4) is 0 Å². The summed E-state index contributed by atoms with van der Waals surface area (Å²) in [7, 11) is 0. The first kappa shape index (κ1) is 38.7. The zero-order valence-electron chi connectivity index (χ0n) is 32.2. The summed E-state index contributed by atoms with van der Waals surface area (Å²) in [5.74, 6) is 1.03. The average molecular weight is 677 g/mol. The molecule has 0 unspecified atom stereocenters. The van der Waals surface area contributed by atoms with Gasteiger partial charge in [0.2, 0.25) is 0 Å². The van der Waals surface area contributed by atoms with E-state index in [4.69, 9.17) is 4.74 Å². The van der Waals surface area contributed by atoms with Crippen molar-refractivity contribution in [2.24, 2.45) is 0 Å². The molecule has 50 heavy (non-hydrogen) atoms. The molecule has 0 fully saturated rings. The van der Waals surface area contributed by atoms with Crippen molar-refractivity contribution in [2.45, 2.75) is 86.5 Å². The SMILES string of the molecule is CCCCN(CCCC)c1cccc(OCCNc2cc(CC)ccc2C(c2ccc(N(CC)CC)cc2)c2ccc(N(CC)CC)cc2)c1. The lowest BCUT2D eigenvalue weighted by molar-refractivity contribution is 0.333. The van der Waals surface area contributed by atoms with Crippen molar-refractivity contribution in [3.63, 3.8) is 0 Å². The molecule has 0 bridgehead atoms. The van der Waals surface area contributed by atoms with E-state index in [1.165, 1.54) is 70.7 Å². The van der Waals surface area contributed by atoms with Gasteiger partial charge in [0.05, 0.1) is 0 Å². The van der Waals surface area contributed by atoms with Crippen LogP contribution in [0.2, 0.25) is 0 Å². The number of nitrogens with one attached hydrogen (secondary N) is 1. The van der Waals surface area contributed by atoms with Gasteiger partial charge in [0.25, 0.3) is 0 Å². The van der Waals surface area contributed by atoms with E-state index in [0.717, 1.165) is 51.4 Å². The number of aryl methyl sites for hydroxylation is 1. The van der Waals surface area contributed by atoms with Crippen molar-refractivity contribution >= 4 is 22.7 Å².